The van der Waals surface area contributed by atoms with Gasteiger partial charge < -0.3 is 10.0 Å². The van der Waals surface area contributed by atoms with Crippen molar-refractivity contribution in [3.05, 3.63) is 11.6 Å². The van der Waals surface area contributed by atoms with Crippen LogP contribution in [0.25, 0.3) is 0 Å². The first-order chi connectivity index (χ1) is 10.1. The second-order valence-corrected chi connectivity index (χ2v) is 5.52. The number of rotatable bonds is 6. The van der Waals surface area contributed by atoms with Crippen LogP contribution in [-0.4, -0.2) is 50.2 Å². The van der Waals surface area contributed by atoms with Crippen LogP contribution in [0.5, 0.6) is 0 Å². The third kappa shape index (κ3) is 4.27. The molecule has 0 atom stereocenters. The highest BCUT2D eigenvalue weighted by atomic mass is 16.4. The number of nitrogens with zero attached hydrogens (tertiary/aromatic N) is 3. The van der Waals surface area contributed by atoms with E-state index in [2.05, 4.69) is 15.2 Å². The maximum Gasteiger partial charge on any atom is 0.303 e. The van der Waals surface area contributed by atoms with Crippen molar-refractivity contribution in [2.75, 3.05) is 13.1 Å². The lowest BCUT2D eigenvalue weighted by Gasteiger charge is -2.31. The topological polar surface area (TPSA) is 99.2 Å². The number of hydrogen-bond donors (Lipinski definition) is 2. The number of carbonyl (C=O) groups is 2. The monoisotopic (exact) mass is 294 g/mol. The van der Waals surface area contributed by atoms with Crippen molar-refractivity contribution in [2.24, 2.45) is 5.92 Å². The summed E-state index contributed by atoms with van der Waals surface area (Å²) in [5, 5.41) is 15.5. The Labute approximate surface area is 123 Å². The zero-order valence-corrected chi connectivity index (χ0v) is 12.3. The van der Waals surface area contributed by atoms with Crippen molar-refractivity contribution in [3.63, 3.8) is 0 Å². The molecule has 7 nitrogen and oxygen atoms in total. The third-order valence-electron chi connectivity index (χ3n) is 3.88. The molecule has 0 aliphatic carbocycles. The van der Waals surface area contributed by atoms with Gasteiger partial charge in [-0.05, 0) is 31.6 Å². The fourth-order valence-electron chi connectivity index (χ4n) is 2.63. The Morgan fingerprint density at radius 3 is 2.71 bits per heavy atom. The van der Waals surface area contributed by atoms with E-state index < -0.39 is 5.97 Å². The molecule has 1 aromatic rings. The molecule has 1 fully saturated rings. The first-order valence-corrected chi connectivity index (χ1v) is 7.52. The van der Waals surface area contributed by atoms with Crippen molar-refractivity contribution in [1.29, 1.82) is 0 Å². The largest absolute Gasteiger partial charge is 0.481 e. The first-order valence-electron chi connectivity index (χ1n) is 7.52. The summed E-state index contributed by atoms with van der Waals surface area (Å²) in [4.78, 5) is 28.8. The number of aromatic nitrogens is 3. The zero-order valence-electron chi connectivity index (χ0n) is 12.3. The molecule has 2 heterocycles. The fraction of sp³-hybridized carbons (Fsp3) is 0.714. The molecule has 2 rings (SSSR count). The molecule has 1 aliphatic rings. The molecule has 0 saturated carbocycles. The molecule has 0 bridgehead atoms. The molecule has 0 radical (unpaired) electrons. The van der Waals surface area contributed by atoms with Crippen molar-refractivity contribution >= 4 is 11.9 Å². The molecule has 2 N–H and O–H groups in total. The molecular weight excluding hydrogens is 272 g/mol. The molecule has 0 spiro atoms. The SMILES string of the molecule is CCCc1nc(C(=O)N2CCC(CCC(=O)O)CC2)n[nH]1. The van der Waals surface area contributed by atoms with Gasteiger partial charge in [-0.15, -0.1) is 5.10 Å². The lowest BCUT2D eigenvalue weighted by molar-refractivity contribution is -0.137. The summed E-state index contributed by atoms with van der Waals surface area (Å²) in [6, 6.07) is 0. The van der Waals surface area contributed by atoms with E-state index >= 15 is 0 Å². The van der Waals surface area contributed by atoms with Crippen LogP contribution >= 0.6 is 0 Å². The van der Waals surface area contributed by atoms with Gasteiger partial charge in [-0.2, -0.15) is 0 Å². The molecule has 21 heavy (non-hydrogen) atoms. The van der Waals surface area contributed by atoms with Gasteiger partial charge in [0.05, 0.1) is 0 Å². The number of carboxylic acid groups (broad SMARTS) is 1. The highest BCUT2D eigenvalue weighted by Gasteiger charge is 2.26. The number of aryl methyl sites for hydroxylation is 1. The smallest absolute Gasteiger partial charge is 0.303 e. The number of H-pyrrole nitrogens is 1. The Morgan fingerprint density at radius 1 is 1.38 bits per heavy atom. The fourth-order valence-corrected chi connectivity index (χ4v) is 2.63. The Kier molecular flexibility index (Phi) is 5.30. The molecule has 0 aromatic carbocycles. The average Bonchev–Trinajstić information content (AvgIpc) is 2.94. The molecule has 1 amide bonds. The Morgan fingerprint density at radius 2 is 2.10 bits per heavy atom. The predicted molar refractivity (Wildman–Crippen MR) is 75.9 cm³/mol. The summed E-state index contributed by atoms with van der Waals surface area (Å²) in [6.45, 7) is 3.35. The van der Waals surface area contributed by atoms with E-state index in [0.29, 0.717) is 25.4 Å². The maximum atomic E-state index is 12.3. The number of carboxylic acids is 1. The van der Waals surface area contributed by atoms with Crippen LogP contribution in [0.4, 0.5) is 0 Å². The van der Waals surface area contributed by atoms with E-state index in [1.165, 1.54) is 0 Å². The minimum absolute atomic E-state index is 0.134. The molecule has 0 unspecified atom stereocenters. The van der Waals surface area contributed by atoms with Gasteiger partial charge in [0.1, 0.15) is 5.82 Å². The highest BCUT2D eigenvalue weighted by Crippen LogP contribution is 2.22. The number of likely N-dealkylation sites (tertiary alicyclic amines) is 1. The molecular formula is C14H22N4O3. The summed E-state index contributed by atoms with van der Waals surface area (Å²) in [5.74, 6) is 0.496. The predicted octanol–water partition coefficient (Wildman–Crippen LogP) is 1.47. The highest BCUT2D eigenvalue weighted by molar-refractivity contribution is 5.90. The lowest BCUT2D eigenvalue weighted by atomic mass is 9.92. The number of nitrogens with one attached hydrogen (secondary N) is 1. The van der Waals surface area contributed by atoms with Gasteiger partial charge in [0.2, 0.25) is 5.82 Å². The summed E-state index contributed by atoms with van der Waals surface area (Å²) < 4.78 is 0. The van der Waals surface area contributed by atoms with Crippen LogP contribution in [0.3, 0.4) is 0 Å². The third-order valence-corrected chi connectivity index (χ3v) is 3.88. The molecule has 7 heteroatoms. The van der Waals surface area contributed by atoms with E-state index in [9.17, 15) is 9.59 Å². The van der Waals surface area contributed by atoms with Crippen LogP contribution in [0, 0.1) is 5.92 Å². The second-order valence-electron chi connectivity index (χ2n) is 5.52. The van der Waals surface area contributed by atoms with Crippen molar-refractivity contribution in [2.45, 2.75) is 45.4 Å². The number of aliphatic carboxylic acids is 1. The number of amides is 1. The van der Waals surface area contributed by atoms with Gasteiger partial charge in [-0.3, -0.25) is 14.7 Å². The maximum absolute atomic E-state index is 12.3. The zero-order chi connectivity index (χ0) is 15.2. The summed E-state index contributed by atoms with van der Waals surface area (Å²) in [6.07, 6.45) is 4.35. The number of hydrogen-bond acceptors (Lipinski definition) is 4. The average molecular weight is 294 g/mol. The molecule has 1 aromatic heterocycles. The minimum Gasteiger partial charge on any atom is -0.481 e. The van der Waals surface area contributed by atoms with E-state index in [-0.39, 0.29) is 18.2 Å². The van der Waals surface area contributed by atoms with E-state index in [4.69, 9.17) is 5.11 Å². The quantitative estimate of drug-likeness (QED) is 0.827. The van der Waals surface area contributed by atoms with Crippen LogP contribution < -0.4 is 0 Å². The Balaban J connectivity index is 1.83. The Hall–Kier alpha value is -1.92. The van der Waals surface area contributed by atoms with E-state index in [1.54, 1.807) is 4.90 Å². The van der Waals surface area contributed by atoms with Gasteiger partial charge in [0.15, 0.2) is 0 Å². The van der Waals surface area contributed by atoms with Crippen LogP contribution in [-0.2, 0) is 11.2 Å². The summed E-state index contributed by atoms with van der Waals surface area (Å²) in [7, 11) is 0. The molecule has 1 aliphatic heterocycles. The van der Waals surface area contributed by atoms with Gasteiger partial charge in [0.25, 0.3) is 5.91 Å². The Bertz CT molecular complexity index is 492. The van der Waals surface area contributed by atoms with Gasteiger partial charge in [0, 0.05) is 25.9 Å². The van der Waals surface area contributed by atoms with E-state index in [1.807, 2.05) is 6.92 Å². The van der Waals surface area contributed by atoms with Gasteiger partial charge in [-0.25, -0.2) is 4.98 Å². The number of aromatic amines is 1. The number of carbonyl (C=O) groups excluding carboxylic acids is 1. The normalized spacial score (nSPS) is 16.1. The van der Waals surface area contributed by atoms with Crippen LogP contribution in [0.2, 0.25) is 0 Å². The molecule has 1 saturated heterocycles. The van der Waals surface area contributed by atoms with Crippen LogP contribution in [0.1, 0.15) is 55.5 Å². The number of piperidine rings is 1. The lowest BCUT2D eigenvalue weighted by Crippen LogP contribution is -2.39. The van der Waals surface area contributed by atoms with Crippen LogP contribution in [0.15, 0.2) is 0 Å². The second kappa shape index (κ2) is 7.19. The van der Waals surface area contributed by atoms with Crippen molar-refractivity contribution in [3.8, 4) is 0 Å². The first kappa shape index (κ1) is 15.5. The van der Waals surface area contributed by atoms with Crippen molar-refractivity contribution in [1.82, 2.24) is 20.1 Å². The standard InChI is InChI=1S/C14H22N4O3/c1-2-3-11-15-13(17-16-11)14(21)18-8-6-10(7-9-18)4-5-12(19)20/h10H,2-9H2,1H3,(H,19,20)(H,15,16,17). The van der Waals surface area contributed by atoms with Gasteiger partial charge >= 0.3 is 5.97 Å². The molecule has 116 valence electrons. The summed E-state index contributed by atoms with van der Waals surface area (Å²) >= 11 is 0. The van der Waals surface area contributed by atoms with Crippen molar-refractivity contribution < 1.29 is 14.7 Å². The minimum atomic E-state index is -0.752. The van der Waals surface area contributed by atoms with Gasteiger partial charge in [-0.1, -0.05) is 6.92 Å². The summed E-state index contributed by atoms with van der Waals surface area (Å²) in [5.41, 5.74) is 0. The van der Waals surface area contributed by atoms with E-state index in [0.717, 1.165) is 31.5 Å².